The molecule has 0 saturated carbocycles. The van der Waals surface area contributed by atoms with Gasteiger partial charge in [-0.2, -0.15) is 0 Å². The molecule has 0 fully saturated rings. The lowest BCUT2D eigenvalue weighted by Crippen LogP contribution is -2.49. The van der Waals surface area contributed by atoms with Gasteiger partial charge in [0.1, 0.15) is 5.76 Å². The van der Waals surface area contributed by atoms with Crippen molar-refractivity contribution in [2.24, 2.45) is 0 Å². The summed E-state index contributed by atoms with van der Waals surface area (Å²) >= 11 is 7.20. The lowest BCUT2D eigenvalue weighted by atomic mass is 10.1. The Bertz CT molecular complexity index is 952. The second kappa shape index (κ2) is 8.12. The summed E-state index contributed by atoms with van der Waals surface area (Å²) in [5.41, 5.74) is 0.0636. The van der Waals surface area contributed by atoms with Crippen LogP contribution < -0.4 is 10.2 Å². The number of carbonyl (C=O) groups is 2. The van der Waals surface area contributed by atoms with Crippen molar-refractivity contribution < 1.29 is 14.0 Å². The van der Waals surface area contributed by atoms with E-state index >= 15 is 0 Å². The predicted molar refractivity (Wildman–Crippen MR) is 108 cm³/mol. The second-order valence-electron chi connectivity index (χ2n) is 7.10. The largest absolute Gasteiger partial charge is 0.467 e. The van der Waals surface area contributed by atoms with Crippen molar-refractivity contribution >= 4 is 40.6 Å². The van der Waals surface area contributed by atoms with Crippen molar-refractivity contribution in [2.45, 2.75) is 32.4 Å². The van der Waals surface area contributed by atoms with Crippen LogP contribution in [0.15, 0.2) is 52.5 Å². The van der Waals surface area contributed by atoms with E-state index in [4.69, 9.17) is 16.0 Å². The highest BCUT2D eigenvalue weighted by Crippen LogP contribution is 2.31. The van der Waals surface area contributed by atoms with E-state index in [0.29, 0.717) is 16.5 Å². The van der Waals surface area contributed by atoms with E-state index in [2.05, 4.69) is 14.9 Å². The molecule has 3 rings (SSSR count). The van der Waals surface area contributed by atoms with Crippen LogP contribution in [-0.4, -0.2) is 26.9 Å². The number of anilines is 1. The second-order valence-corrected chi connectivity index (χ2v) is 8.15. The first-order valence-corrected chi connectivity index (χ1v) is 9.69. The summed E-state index contributed by atoms with van der Waals surface area (Å²) in [4.78, 5) is 27.8. The van der Waals surface area contributed by atoms with E-state index < -0.39 is 17.5 Å². The average Bonchev–Trinajstić information content (AvgIpc) is 3.30. The fourth-order valence-corrected chi connectivity index (χ4v) is 3.26. The van der Waals surface area contributed by atoms with Crippen LogP contribution in [0.4, 0.5) is 5.69 Å². The van der Waals surface area contributed by atoms with Crippen LogP contribution in [-0.2, 0) is 4.79 Å². The Kier molecular flexibility index (Phi) is 5.81. The number of hydrogen-bond acceptors (Lipinski definition) is 6. The molecule has 7 nitrogen and oxygen atoms in total. The number of hydrogen-bond donors (Lipinski definition) is 1. The third-order valence-electron chi connectivity index (χ3n) is 3.70. The Morgan fingerprint density at radius 2 is 2.04 bits per heavy atom. The first-order valence-electron chi connectivity index (χ1n) is 8.48. The molecular formula is C19H19ClN4O3S. The minimum Gasteiger partial charge on any atom is -0.467 e. The number of amides is 2. The molecule has 9 heteroatoms. The fraction of sp³-hybridized carbons (Fsp3) is 0.263. The van der Waals surface area contributed by atoms with Gasteiger partial charge in [0, 0.05) is 21.6 Å². The molecule has 2 heterocycles. The smallest absolute Gasteiger partial charge is 0.280 e. The van der Waals surface area contributed by atoms with E-state index in [9.17, 15) is 9.59 Å². The van der Waals surface area contributed by atoms with E-state index in [-0.39, 0.29) is 11.6 Å². The molecule has 3 aromatic rings. The Hall–Kier alpha value is -2.71. The summed E-state index contributed by atoms with van der Waals surface area (Å²) < 4.78 is 9.27. The zero-order valence-corrected chi connectivity index (χ0v) is 17.1. The molecule has 1 atom stereocenters. The molecule has 0 aliphatic heterocycles. The van der Waals surface area contributed by atoms with Crippen LogP contribution in [0.3, 0.4) is 0 Å². The van der Waals surface area contributed by atoms with E-state index in [0.717, 1.165) is 11.5 Å². The fourth-order valence-electron chi connectivity index (χ4n) is 2.65. The van der Waals surface area contributed by atoms with Crippen molar-refractivity contribution in [1.29, 1.82) is 0 Å². The monoisotopic (exact) mass is 418 g/mol. The van der Waals surface area contributed by atoms with E-state index in [1.807, 2.05) is 20.8 Å². The maximum Gasteiger partial charge on any atom is 0.280 e. The zero-order chi connectivity index (χ0) is 20.3. The van der Waals surface area contributed by atoms with Crippen LogP contribution in [0.1, 0.15) is 43.1 Å². The molecule has 1 N–H and O–H groups in total. The van der Waals surface area contributed by atoms with Gasteiger partial charge < -0.3 is 9.73 Å². The molecule has 0 aliphatic rings. The molecule has 146 valence electrons. The predicted octanol–water partition coefficient (Wildman–Crippen LogP) is 4.09. The highest BCUT2D eigenvalue weighted by Gasteiger charge is 2.37. The number of halogens is 1. The maximum atomic E-state index is 13.3. The van der Waals surface area contributed by atoms with Crippen LogP contribution in [0.2, 0.25) is 5.02 Å². The van der Waals surface area contributed by atoms with Crippen LogP contribution in [0, 0.1) is 0 Å². The lowest BCUT2D eigenvalue weighted by Gasteiger charge is -2.32. The Labute approximate surface area is 171 Å². The van der Waals surface area contributed by atoms with E-state index in [1.165, 1.54) is 16.5 Å². The average molecular weight is 419 g/mol. The minimum atomic E-state index is -1.05. The van der Waals surface area contributed by atoms with Gasteiger partial charge in [-0.15, -0.1) is 5.10 Å². The molecule has 0 aliphatic carbocycles. The highest BCUT2D eigenvalue weighted by atomic mass is 35.5. The number of rotatable bonds is 5. The number of furan rings is 1. The number of benzene rings is 1. The van der Waals surface area contributed by atoms with Crippen molar-refractivity contribution in [1.82, 2.24) is 14.9 Å². The minimum absolute atomic E-state index is 0.130. The van der Waals surface area contributed by atoms with Crippen LogP contribution in [0.5, 0.6) is 0 Å². The maximum absolute atomic E-state index is 13.3. The molecule has 0 spiro atoms. The summed E-state index contributed by atoms with van der Waals surface area (Å²) in [5.74, 6) is -0.557. The number of nitrogens with zero attached hydrogens (tertiary/aromatic N) is 3. The normalized spacial score (nSPS) is 12.4. The van der Waals surface area contributed by atoms with Gasteiger partial charge in [-0.3, -0.25) is 14.5 Å². The van der Waals surface area contributed by atoms with Gasteiger partial charge in [0.15, 0.2) is 11.7 Å². The molecule has 2 amide bonds. The SMILES string of the molecule is CC(C)(C)NC(=O)C(c1ccco1)N(C(=O)c1csnn1)c1cccc(Cl)c1. The first-order chi connectivity index (χ1) is 13.3. The third-order valence-corrected chi connectivity index (χ3v) is 4.44. The molecule has 28 heavy (non-hydrogen) atoms. The van der Waals surface area contributed by atoms with Gasteiger partial charge in [0.25, 0.3) is 11.8 Å². The van der Waals surface area contributed by atoms with Crippen molar-refractivity contribution in [3.8, 4) is 0 Å². The zero-order valence-electron chi connectivity index (χ0n) is 15.5. The van der Waals surface area contributed by atoms with E-state index in [1.54, 1.807) is 36.4 Å². The Balaban J connectivity index is 2.13. The Morgan fingerprint density at radius 1 is 1.25 bits per heavy atom. The number of carbonyl (C=O) groups excluding carboxylic acids is 2. The van der Waals surface area contributed by atoms with Crippen LogP contribution in [0.25, 0.3) is 0 Å². The number of aromatic nitrogens is 2. The highest BCUT2D eigenvalue weighted by molar-refractivity contribution is 7.03. The quantitative estimate of drug-likeness (QED) is 0.674. The van der Waals surface area contributed by atoms with Crippen molar-refractivity contribution in [3.05, 3.63) is 64.5 Å². The number of nitrogens with one attached hydrogen (secondary N) is 1. The van der Waals surface area contributed by atoms with Gasteiger partial charge in [0.05, 0.1) is 6.26 Å². The topological polar surface area (TPSA) is 88.3 Å². The summed E-state index contributed by atoms with van der Waals surface area (Å²) in [6.45, 7) is 5.58. The summed E-state index contributed by atoms with van der Waals surface area (Å²) in [7, 11) is 0. The summed E-state index contributed by atoms with van der Waals surface area (Å²) in [5, 5.41) is 8.74. The van der Waals surface area contributed by atoms with Crippen LogP contribution >= 0.6 is 23.1 Å². The van der Waals surface area contributed by atoms with Gasteiger partial charge >= 0.3 is 0 Å². The first kappa shape index (κ1) is 20.0. The molecule has 1 aromatic carbocycles. The molecule has 0 bridgehead atoms. The molecule has 2 aromatic heterocycles. The summed E-state index contributed by atoms with van der Waals surface area (Å²) in [6, 6.07) is 8.97. The standard InChI is InChI=1S/C19H19ClN4O3S/c1-19(2,3)21-17(25)16(15-8-5-9-27-15)24(13-7-4-6-12(20)10-13)18(26)14-11-28-23-22-14/h4-11,16H,1-3H3,(H,21,25). The molecule has 0 saturated heterocycles. The summed E-state index contributed by atoms with van der Waals surface area (Å²) in [6.07, 6.45) is 1.46. The van der Waals surface area contributed by atoms with Gasteiger partial charge in [-0.25, -0.2) is 0 Å². The van der Waals surface area contributed by atoms with Crippen molar-refractivity contribution in [2.75, 3.05) is 4.90 Å². The van der Waals surface area contributed by atoms with Gasteiger partial charge in [-0.1, -0.05) is 22.2 Å². The third kappa shape index (κ3) is 4.58. The molecular weight excluding hydrogens is 400 g/mol. The molecule has 0 radical (unpaired) electrons. The van der Waals surface area contributed by atoms with Gasteiger partial charge in [-0.05, 0) is 62.6 Å². The Morgan fingerprint density at radius 3 is 2.61 bits per heavy atom. The lowest BCUT2D eigenvalue weighted by molar-refractivity contribution is -0.124. The molecule has 1 unspecified atom stereocenters. The van der Waals surface area contributed by atoms with Crippen molar-refractivity contribution in [3.63, 3.8) is 0 Å². The van der Waals surface area contributed by atoms with Gasteiger partial charge in [0.2, 0.25) is 0 Å².